The van der Waals surface area contributed by atoms with Crippen molar-refractivity contribution in [2.75, 3.05) is 11.4 Å². The Kier molecular flexibility index (Phi) is 4.79. The van der Waals surface area contributed by atoms with E-state index in [1.165, 1.54) is 29.5 Å². The fourth-order valence-corrected chi connectivity index (χ4v) is 3.40. The van der Waals surface area contributed by atoms with Crippen molar-refractivity contribution < 1.29 is 14.3 Å². The molecule has 3 rings (SSSR count). The van der Waals surface area contributed by atoms with Crippen molar-refractivity contribution in [2.24, 2.45) is 0 Å². The molecule has 0 N–H and O–H groups in total. The number of carbonyl (C=O) groups is 2. The maximum absolute atomic E-state index is 12.0. The molecule has 0 saturated carbocycles. The molecule has 0 bridgehead atoms. The van der Waals surface area contributed by atoms with Gasteiger partial charge < -0.3 is 4.74 Å². The first-order valence-corrected chi connectivity index (χ1v) is 8.47. The molecule has 1 amide bonds. The third-order valence-corrected chi connectivity index (χ3v) is 4.66. The van der Waals surface area contributed by atoms with Gasteiger partial charge in [-0.05, 0) is 24.6 Å². The van der Waals surface area contributed by atoms with E-state index in [4.69, 9.17) is 21.6 Å². The Bertz CT molecular complexity index is 843. The Hall–Kier alpha value is -2.43. The molecular weight excluding hydrogens is 350 g/mol. The molecule has 0 atom stereocenters. The van der Waals surface area contributed by atoms with Crippen LogP contribution in [0.1, 0.15) is 24.1 Å². The van der Waals surface area contributed by atoms with Crippen LogP contribution in [0.2, 0.25) is 5.02 Å². The van der Waals surface area contributed by atoms with Crippen LogP contribution in [0, 0.1) is 11.3 Å². The summed E-state index contributed by atoms with van der Waals surface area (Å²) in [6.45, 7) is 0.664. The van der Waals surface area contributed by atoms with Crippen LogP contribution in [0.15, 0.2) is 23.6 Å². The Balaban J connectivity index is 1.64. The van der Waals surface area contributed by atoms with Crippen LogP contribution in [0.3, 0.4) is 0 Å². The zero-order valence-corrected chi connectivity index (χ0v) is 14.1. The first kappa shape index (κ1) is 16.4. The molecular formula is C16H12ClN3O3S. The Labute approximate surface area is 147 Å². The molecule has 0 unspecified atom stereocenters. The van der Waals surface area contributed by atoms with Gasteiger partial charge in [0.25, 0.3) is 0 Å². The summed E-state index contributed by atoms with van der Waals surface area (Å²) < 4.78 is 5.21. The number of nitrogens with zero attached hydrogens (tertiary/aromatic N) is 3. The minimum atomic E-state index is -0.508. The van der Waals surface area contributed by atoms with Crippen molar-refractivity contribution in [1.82, 2.24) is 4.98 Å². The van der Waals surface area contributed by atoms with Gasteiger partial charge in [0, 0.05) is 18.3 Å². The lowest BCUT2D eigenvalue weighted by atomic mass is 10.2. The van der Waals surface area contributed by atoms with Crippen LogP contribution in [0.5, 0.6) is 5.75 Å². The van der Waals surface area contributed by atoms with Gasteiger partial charge >= 0.3 is 5.97 Å². The van der Waals surface area contributed by atoms with E-state index in [1.807, 2.05) is 6.07 Å². The summed E-state index contributed by atoms with van der Waals surface area (Å²) in [7, 11) is 0. The molecule has 8 heteroatoms. The molecule has 2 heterocycles. The molecule has 0 radical (unpaired) electrons. The highest BCUT2D eigenvalue weighted by Gasteiger charge is 2.24. The van der Waals surface area contributed by atoms with Gasteiger partial charge in [0.15, 0.2) is 5.13 Å². The summed E-state index contributed by atoms with van der Waals surface area (Å²) in [6.07, 6.45) is 1.34. The number of nitriles is 1. The molecule has 0 spiro atoms. The summed E-state index contributed by atoms with van der Waals surface area (Å²) in [5.41, 5.74) is 0.934. The van der Waals surface area contributed by atoms with Crippen LogP contribution < -0.4 is 9.64 Å². The number of esters is 1. The fraction of sp³-hybridized carbons (Fsp3) is 0.250. The molecule has 1 fully saturated rings. The lowest BCUT2D eigenvalue weighted by Crippen LogP contribution is -2.23. The van der Waals surface area contributed by atoms with E-state index in [1.54, 1.807) is 10.3 Å². The van der Waals surface area contributed by atoms with Crippen LogP contribution in [-0.2, 0) is 16.0 Å². The van der Waals surface area contributed by atoms with E-state index in [-0.39, 0.29) is 23.1 Å². The number of anilines is 1. The topological polar surface area (TPSA) is 83.3 Å². The van der Waals surface area contributed by atoms with Crippen molar-refractivity contribution in [3.8, 4) is 11.8 Å². The van der Waals surface area contributed by atoms with Gasteiger partial charge in [0.2, 0.25) is 5.91 Å². The quantitative estimate of drug-likeness (QED) is 0.617. The number of halogens is 1. The highest BCUT2D eigenvalue weighted by molar-refractivity contribution is 7.14. The molecule has 1 aliphatic heterocycles. The number of carbonyl (C=O) groups excluding carboxylic acids is 2. The van der Waals surface area contributed by atoms with Crippen LogP contribution in [-0.4, -0.2) is 23.4 Å². The summed E-state index contributed by atoms with van der Waals surface area (Å²) in [5.74, 6) is -0.250. The number of hydrogen-bond donors (Lipinski definition) is 0. The van der Waals surface area contributed by atoms with E-state index in [0.717, 1.165) is 6.42 Å². The van der Waals surface area contributed by atoms with Crippen molar-refractivity contribution in [2.45, 2.75) is 19.3 Å². The number of rotatable bonds is 4. The van der Waals surface area contributed by atoms with Gasteiger partial charge in [0.05, 0.1) is 28.8 Å². The average molecular weight is 362 g/mol. The SMILES string of the molecule is N#Cc1ccc(OC(=O)Cc2csc(N3CCCC3=O)n2)c(Cl)c1. The minimum Gasteiger partial charge on any atom is -0.425 e. The molecule has 2 aromatic rings. The normalized spacial score (nSPS) is 13.8. The average Bonchev–Trinajstić information content (AvgIpc) is 3.18. The maximum atomic E-state index is 12.0. The van der Waals surface area contributed by atoms with Gasteiger partial charge in [-0.3, -0.25) is 14.5 Å². The molecule has 1 aliphatic rings. The van der Waals surface area contributed by atoms with Crippen LogP contribution in [0.4, 0.5) is 5.13 Å². The van der Waals surface area contributed by atoms with Gasteiger partial charge in [-0.25, -0.2) is 4.98 Å². The third kappa shape index (κ3) is 3.55. The van der Waals surface area contributed by atoms with E-state index >= 15 is 0 Å². The minimum absolute atomic E-state index is 0.0190. The van der Waals surface area contributed by atoms with Gasteiger partial charge in [-0.15, -0.1) is 11.3 Å². The Morgan fingerprint density at radius 2 is 2.33 bits per heavy atom. The number of ether oxygens (including phenoxy) is 1. The van der Waals surface area contributed by atoms with Crippen LogP contribution >= 0.6 is 22.9 Å². The molecule has 6 nitrogen and oxygen atoms in total. The Morgan fingerprint density at radius 1 is 1.50 bits per heavy atom. The highest BCUT2D eigenvalue weighted by Crippen LogP contribution is 2.27. The van der Waals surface area contributed by atoms with Gasteiger partial charge in [0.1, 0.15) is 5.75 Å². The smallest absolute Gasteiger partial charge is 0.317 e. The molecule has 24 heavy (non-hydrogen) atoms. The van der Waals surface area contributed by atoms with E-state index in [9.17, 15) is 9.59 Å². The second-order valence-electron chi connectivity index (χ2n) is 5.18. The molecule has 122 valence electrons. The lowest BCUT2D eigenvalue weighted by Gasteiger charge is -2.10. The number of amides is 1. The number of thiazole rings is 1. The number of benzene rings is 1. The predicted octanol–water partition coefficient (Wildman–Crippen LogP) is 2.94. The highest BCUT2D eigenvalue weighted by atomic mass is 35.5. The standard InChI is InChI=1S/C16H12ClN3O3S/c17-12-6-10(8-18)3-4-13(12)23-15(22)7-11-9-24-16(19-11)20-5-1-2-14(20)21/h3-4,6,9H,1-2,5,7H2. The van der Waals surface area contributed by atoms with Crippen molar-refractivity contribution in [3.05, 3.63) is 39.9 Å². The van der Waals surface area contributed by atoms with Gasteiger partial charge in [-0.1, -0.05) is 11.6 Å². The van der Waals surface area contributed by atoms with Crippen LogP contribution in [0.25, 0.3) is 0 Å². The number of hydrogen-bond acceptors (Lipinski definition) is 6. The van der Waals surface area contributed by atoms with Crippen molar-refractivity contribution in [3.63, 3.8) is 0 Å². The predicted molar refractivity (Wildman–Crippen MR) is 89.2 cm³/mol. The first-order chi connectivity index (χ1) is 11.6. The summed E-state index contributed by atoms with van der Waals surface area (Å²) in [4.78, 5) is 29.7. The molecule has 1 saturated heterocycles. The summed E-state index contributed by atoms with van der Waals surface area (Å²) in [6, 6.07) is 6.39. The molecule has 1 aromatic carbocycles. The van der Waals surface area contributed by atoms with Gasteiger partial charge in [-0.2, -0.15) is 5.26 Å². The second kappa shape index (κ2) is 6.99. The summed E-state index contributed by atoms with van der Waals surface area (Å²) in [5, 5.41) is 11.3. The van der Waals surface area contributed by atoms with E-state index in [2.05, 4.69) is 4.98 Å². The van der Waals surface area contributed by atoms with E-state index in [0.29, 0.717) is 29.4 Å². The largest absolute Gasteiger partial charge is 0.425 e. The van der Waals surface area contributed by atoms with E-state index < -0.39 is 5.97 Å². The zero-order chi connectivity index (χ0) is 17.1. The zero-order valence-electron chi connectivity index (χ0n) is 12.5. The molecule has 0 aliphatic carbocycles. The van der Waals surface area contributed by atoms with Crippen molar-refractivity contribution in [1.29, 1.82) is 5.26 Å². The molecule has 1 aromatic heterocycles. The second-order valence-corrected chi connectivity index (χ2v) is 6.42. The third-order valence-electron chi connectivity index (χ3n) is 3.45. The summed E-state index contributed by atoms with van der Waals surface area (Å²) >= 11 is 7.31. The lowest BCUT2D eigenvalue weighted by molar-refractivity contribution is -0.133. The monoisotopic (exact) mass is 361 g/mol. The Morgan fingerprint density at radius 3 is 3.00 bits per heavy atom. The number of aromatic nitrogens is 1. The van der Waals surface area contributed by atoms with Crippen molar-refractivity contribution >= 4 is 39.9 Å². The fourth-order valence-electron chi connectivity index (χ4n) is 2.31. The first-order valence-electron chi connectivity index (χ1n) is 7.22. The maximum Gasteiger partial charge on any atom is 0.317 e.